The number of halogens is 6. The molecule has 6 rings (SSSR count). The number of alkyl halides is 3. The molecule has 1 amide bonds. The van der Waals surface area contributed by atoms with Gasteiger partial charge in [0.15, 0.2) is 0 Å². The Labute approximate surface area is 275 Å². The van der Waals surface area contributed by atoms with Gasteiger partial charge in [-0.25, -0.2) is 22.9 Å². The predicted molar refractivity (Wildman–Crippen MR) is 169 cm³/mol. The first-order chi connectivity index (χ1) is 23.3. The van der Waals surface area contributed by atoms with E-state index in [0.29, 0.717) is 45.4 Å². The first-order valence-electron chi connectivity index (χ1n) is 15.1. The summed E-state index contributed by atoms with van der Waals surface area (Å²) in [6.45, 7) is 0.775. The van der Waals surface area contributed by atoms with E-state index in [1.54, 1.807) is 36.5 Å². The summed E-state index contributed by atoms with van der Waals surface area (Å²) in [6.07, 6.45) is -3.36. The summed E-state index contributed by atoms with van der Waals surface area (Å²) in [6, 6.07) is 10.7. The van der Waals surface area contributed by atoms with Crippen molar-refractivity contribution in [1.29, 1.82) is 0 Å². The number of benzene rings is 3. The van der Waals surface area contributed by atoms with Gasteiger partial charge in [0.05, 0.1) is 37.1 Å². The number of carbonyl (C=O) groups is 2. The molecule has 0 aliphatic carbocycles. The lowest BCUT2D eigenvalue weighted by Crippen LogP contribution is -2.53. The van der Waals surface area contributed by atoms with Gasteiger partial charge in [-0.1, -0.05) is 18.2 Å². The Morgan fingerprint density at radius 1 is 1.04 bits per heavy atom. The third-order valence-corrected chi connectivity index (χ3v) is 8.42. The second-order valence-electron chi connectivity index (χ2n) is 11.5. The third kappa shape index (κ3) is 6.73. The second kappa shape index (κ2) is 13.3. The molecule has 3 heterocycles. The minimum atomic E-state index is -4.74. The quantitative estimate of drug-likeness (QED) is 0.156. The zero-order valence-electron chi connectivity index (χ0n) is 26.1. The average Bonchev–Trinajstić information content (AvgIpc) is 3.06. The lowest BCUT2D eigenvalue weighted by Gasteiger charge is -2.38. The first-order valence-corrected chi connectivity index (χ1v) is 15.1. The zero-order chi connectivity index (χ0) is 35.0. The number of hydrogen-bond acceptors (Lipinski definition) is 7. The number of carbonyl (C=O) groups excluding carboxylic acids is 2. The van der Waals surface area contributed by atoms with Crippen LogP contribution in [0.25, 0.3) is 33.1 Å². The molecule has 3 aromatic carbocycles. The van der Waals surface area contributed by atoms with Gasteiger partial charge < -0.3 is 19.7 Å². The number of hydrogen-bond donors (Lipinski definition) is 1. The highest BCUT2D eigenvalue weighted by Crippen LogP contribution is 2.34. The number of morpholine rings is 1. The van der Waals surface area contributed by atoms with Crippen molar-refractivity contribution in [2.45, 2.75) is 31.6 Å². The van der Waals surface area contributed by atoms with Crippen LogP contribution >= 0.6 is 0 Å². The van der Waals surface area contributed by atoms with Crippen LogP contribution in [0.15, 0.2) is 66.9 Å². The summed E-state index contributed by atoms with van der Waals surface area (Å²) < 4.78 is 95.1. The lowest BCUT2D eigenvalue weighted by molar-refractivity contribution is -0.167. The molecule has 2 aromatic heterocycles. The minimum Gasteiger partial charge on any atom is -0.467 e. The number of ether oxygens (including phenoxy) is 2. The van der Waals surface area contributed by atoms with Crippen molar-refractivity contribution in [2.24, 2.45) is 0 Å². The van der Waals surface area contributed by atoms with Gasteiger partial charge in [0, 0.05) is 47.3 Å². The number of methoxy groups -OCH3 is 1. The number of aryl methyl sites for hydroxylation is 1. The SMILES string of the molecule is COC(=O)[C@H](Cc1ccc(-c2cc(C)c3ccc(F)cc3n2)c2ncccc12)NC(=O)c1c(F)cc(N2CCOC[C@@H]2C(F)(F)F)cc1F. The molecule has 1 aliphatic heterocycles. The zero-order valence-corrected chi connectivity index (χ0v) is 26.1. The van der Waals surface area contributed by atoms with Crippen LogP contribution < -0.4 is 10.2 Å². The molecule has 0 radical (unpaired) electrons. The Balaban J connectivity index is 1.30. The number of aromatic nitrogens is 2. The van der Waals surface area contributed by atoms with Gasteiger partial charge in [-0.2, -0.15) is 13.2 Å². The average molecular weight is 683 g/mol. The summed E-state index contributed by atoms with van der Waals surface area (Å²) >= 11 is 0. The minimum absolute atomic E-state index is 0.0948. The highest BCUT2D eigenvalue weighted by molar-refractivity contribution is 5.99. The number of nitrogens with one attached hydrogen (secondary N) is 1. The van der Waals surface area contributed by atoms with Gasteiger partial charge in [-0.05, 0) is 54.4 Å². The van der Waals surface area contributed by atoms with Crippen molar-refractivity contribution in [3.63, 3.8) is 0 Å². The molecule has 1 aliphatic rings. The molecule has 0 spiro atoms. The van der Waals surface area contributed by atoms with E-state index >= 15 is 8.78 Å². The van der Waals surface area contributed by atoms with Crippen molar-refractivity contribution in [3.8, 4) is 11.3 Å². The van der Waals surface area contributed by atoms with Gasteiger partial charge in [0.25, 0.3) is 5.91 Å². The molecule has 254 valence electrons. The fourth-order valence-electron chi connectivity index (χ4n) is 6.04. The summed E-state index contributed by atoms with van der Waals surface area (Å²) in [5.41, 5.74) is 1.97. The largest absolute Gasteiger partial charge is 0.467 e. The van der Waals surface area contributed by atoms with Crippen LogP contribution in [0.5, 0.6) is 0 Å². The topological polar surface area (TPSA) is 93.7 Å². The van der Waals surface area contributed by atoms with Crippen LogP contribution in [0, 0.1) is 24.4 Å². The molecule has 2 atom stereocenters. The van der Waals surface area contributed by atoms with E-state index in [-0.39, 0.29) is 19.6 Å². The monoisotopic (exact) mass is 682 g/mol. The van der Waals surface area contributed by atoms with Crippen molar-refractivity contribution >= 4 is 39.4 Å². The van der Waals surface area contributed by atoms with Crippen molar-refractivity contribution in [3.05, 3.63) is 101 Å². The van der Waals surface area contributed by atoms with Crippen LogP contribution in [-0.4, -0.2) is 67.0 Å². The van der Waals surface area contributed by atoms with E-state index in [2.05, 4.69) is 15.3 Å². The number of amides is 1. The van der Waals surface area contributed by atoms with Gasteiger partial charge in [-0.3, -0.25) is 9.78 Å². The Morgan fingerprint density at radius 3 is 2.51 bits per heavy atom. The van der Waals surface area contributed by atoms with Crippen LogP contribution in [0.4, 0.5) is 32.0 Å². The number of esters is 1. The number of rotatable bonds is 7. The molecular weight excluding hydrogens is 654 g/mol. The van der Waals surface area contributed by atoms with E-state index in [1.807, 2.05) is 13.0 Å². The van der Waals surface area contributed by atoms with Crippen LogP contribution in [-0.2, 0) is 20.7 Å². The number of fused-ring (bicyclic) bond motifs is 2. The number of pyridine rings is 2. The fraction of sp³-hybridized carbons (Fsp3) is 0.257. The van der Waals surface area contributed by atoms with Crippen LogP contribution in [0.2, 0.25) is 0 Å². The number of anilines is 1. The number of nitrogens with zero attached hydrogens (tertiary/aromatic N) is 3. The Morgan fingerprint density at radius 2 is 1.80 bits per heavy atom. The molecule has 0 saturated carbocycles. The summed E-state index contributed by atoms with van der Waals surface area (Å²) in [4.78, 5) is 36.0. The molecule has 5 aromatic rings. The van der Waals surface area contributed by atoms with Crippen molar-refractivity contribution in [1.82, 2.24) is 15.3 Å². The maximum Gasteiger partial charge on any atom is 0.411 e. The maximum atomic E-state index is 15.3. The van der Waals surface area contributed by atoms with E-state index < -0.39 is 65.4 Å². The molecular formula is C35H28F6N4O4. The Kier molecular flexibility index (Phi) is 9.16. The molecule has 49 heavy (non-hydrogen) atoms. The third-order valence-electron chi connectivity index (χ3n) is 8.42. The molecule has 0 unspecified atom stereocenters. The first kappa shape index (κ1) is 33.7. The Bertz CT molecular complexity index is 2070. The summed E-state index contributed by atoms with van der Waals surface area (Å²) in [7, 11) is 1.08. The Hall–Kier alpha value is -5.24. The van der Waals surface area contributed by atoms with E-state index in [1.165, 1.54) is 12.1 Å². The predicted octanol–water partition coefficient (Wildman–Crippen LogP) is 6.46. The van der Waals surface area contributed by atoms with Crippen molar-refractivity contribution in [2.75, 3.05) is 31.8 Å². The summed E-state index contributed by atoms with van der Waals surface area (Å²) in [5, 5.41) is 3.67. The summed E-state index contributed by atoms with van der Waals surface area (Å²) in [5.74, 6) is -5.50. The molecule has 1 fully saturated rings. The smallest absolute Gasteiger partial charge is 0.411 e. The molecule has 1 N–H and O–H groups in total. The van der Waals surface area contributed by atoms with Gasteiger partial charge in [-0.15, -0.1) is 0 Å². The van der Waals surface area contributed by atoms with Crippen molar-refractivity contribution < 1.29 is 45.4 Å². The highest BCUT2D eigenvalue weighted by atomic mass is 19.4. The molecule has 8 nitrogen and oxygen atoms in total. The van der Waals surface area contributed by atoms with Crippen LogP contribution in [0.1, 0.15) is 21.5 Å². The highest BCUT2D eigenvalue weighted by Gasteiger charge is 2.46. The standard InChI is InChI=1S/C35H28F6N4O4/c1-18-12-27(43-28-14-20(36)6-8-22(18)28)24-7-5-19(23-4-3-9-42-32(23)24)13-29(34(47)48-2)44-33(46)31-25(37)15-21(16-26(31)38)45-10-11-49-17-30(45)35(39,40)41/h3-9,12,14-16,29-30H,10-11,13,17H2,1-2H3,(H,44,46)/t29-,30+/m0/s1. The molecule has 1 saturated heterocycles. The fourth-order valence-corrected chi connectivity index (χ4v) is 6.04. The van der Waals surface area contributed by atoms with Gasteiger partial charge >= 0.3 is 12.1 Å². The van der Waals surface area contributed by atoms with E-state index in [0.717, 1.165) is 23.0 Å². The van der Waals surface area contributed by atoms with Crippen LogP contribution in [0.3, 0.4) is 0 Å². The van der Waals surface area contributed by atoms with Gasteiger partial charge in [0.1, 0.15) is 35.1 Å². The molecule has 0 bridgehead atoms. The van der Waals surface area contributed by atoms with E-state index in [9.17, 15) is 27.2 Å². The normalized spacial score (nSPS) is 15.8. The maximum absolute atomic E-state index is 15.3. The van der Waals surface area contributed by atoms with E-state index in [4.69, 9.17) is 9.47 Å². The lowest BCUT2D eigenvalue weighted by atomic mass is 9.96. The second-order valence-corrected chi connectivity index (χ2v) is 11.5. The van der Waals surface area contributed by atoms with Gasteiger partial charge in [0.2, 0.25) is 0 Å². The molecule has 14 heteroatoms.